The lowest BCUT2D eigenvalue weighted by atomic mass is 10.1. The molecule has 0 spiro atoms. The minimum absolute atomic E-state index is 0.144. The lowest BCUT2D eigenvalue weighted by molar-refractivity contribution is -0.358. The van der Waals surface area contributed by atoms with E-state index in [0.29, 0.717) is 6.07 Å². The summed E-state index contributed by atoms with van der Waals surface area (Å²) < 4.78 is 186. The number of hydrogen-bond donors (Lipinski definition) is 0. The molecule has 0 heterocycles. The molecule has 0 fully saturated rings. The second-order valence-corrected chi connectivity index (χ2v) is 6.64. The number of ether oxygens (including phenoxy) is 2. The second-order valence-electron chi connectivity index (χ2n) is 6.08. The molecule has 186 valence electrons. The van der Waals surface area contributed by atoms with Crippen LogP contribution in [0.2, 0.25) is 0 Å². The zero-order valence-electron chi connectivity index (χ0n) is 14.8. The molecule has 2 nitrogen and oxygen atoms in total. The van der Waals surface area contributed by atoms with Crippen LogP contribution >= 0.6 is 15.9 Å². The summed E-state index contributed by atoms with van der Waals surface area (Å²) >= 11 is 2.78. The second kappa shape index (κ2) is 8.93. The highest BCUT2D eigenvalue weighted by Gasteiger charge is 2.74. The van der Waals surface area contributed by atoms with Crippen molar-refractivity contribution >= 4 is 15.9 Å². The van der Waals surface area contributed by atoms with Gasteiger partial charge in [-0.3, -0.25) is 0 Å². The molecule has 0 atom stereocenters. The summed E-state index contributed by atoms with van der Waals surface area (Å²) in [6.07, 6.45) is -13.3. The molecule has 0 aliphatic heterocycles. The summed E-state index contributed by atoms with van der Waals surface area (Å²) in [5.41, 5.74) is -0.144. The first-order valence-corrected chi connectivity index (χ1v) is 8.81. The van der Waals surface area contributed by atoms with Gasteiger partial charge in [-0.15, -0.1) is 0 Å². The molecule has 1 rings (SSSR count). The van der Waals surface area contributed by atoms with Crippen LogP contribution in [-0.2, 0) is 5.33 Å². The molecule has 1 aromatic carbocycles. The van der Waals surface area contributed by atoms with E-state index in [4.69, 9.17) is 0 Å². The van der Waals surface area contributed by atoms with Crippen LogP contribution in [0.3, 0.4) is 0 Å². The van der Waals surface area contributed by atoms with E-state index in [1.807, 2.05) is 0 Å². The van der Waals surface area contributed by atoms with Crippen molar-refractivity contribution in [2.24, 2.45) is 0 Å². The highest BCUT2D eigenvalue weighted by Crippen LogP contribution is 2.48. The fourth-order valence-electron chi connectivity index (χ4n) is 1.82. The van der Waals surface area contributed by atoms with Crippen LogP contribution in [0.4, 0.5) is 61.5 Å². The highest BCUT2D eigenvalue weighted by atomic mass is 79.9. The molecule has 0 radical (unpaired) electrons. The molecule has 32 heavy (non-hydrogen) atoms. The molecular formula is C15H9BrF14O2. The van der Waals surface area contributed by atoms with Crippen LogP contribution in [0.1, 0.15) is 5.56 Å². The van der Waals surface area contributed by atoms with Crippen molar-refractivity contribution in [3.05, 3.63) is 23.8 Å². The van der Waals surface area contributed by atoms with Crippen molar-refractivity contribution in [1.29, 1.82) is 0 Å². The standard InChI is InChI=1S/C15H9BrF14O2/c16-4-7-1-8(31-5-10(17,18)12(21,22)14(25,26)27)3-9(2-7)32-6-11(19,20)13(23,24)15(28,29)30/h1-3H,4-6H2. The lowest BCUT2D eigenvalue weighted by Crippen LogP contribution is -2.54. The van der Waals surface area contributed by atoms with Crippen LogP contribution in [0.25, 0.3) is 0 Å². The smallest absolute Gasteiger partial charge is 0.460 e. The van der Waals surface area contributed by atoms with Crippen molar-refractivity contribution in [3.63, 3.8) is 0 Å². The maximum absolute atomic E-state index is 13.3. The van der Waals surface area contributed by atoms with Crippen LogP contribution in [-0.4, -0.2) is 49.3 Å². The van der Waals surface area contributed by atoms with Gasteiger partial charge < -0.3 is 9.47 Å². The third-order valence-corrected chi connectivity index (χ3v) is 4.21. The van der Waals surface area contributed by atoms with Gasteiger partial charge in [0.05, 0.1) is 0 Å². The van der Waals surface area contributed by atoms with E-state index in [-0.39, 0.29) is 10.9 Å². The Morgan fingerprint density at radius 3 is 1.12 bits per heavy atom. The van der Waals surface area contributed by atoms with Gasteiger partial charge in [0.25, 0.3) is 0 Å². The number of halogens is 15. The number of rotatable bonds is 9. The van der Waals surface area contributed by atoms with Gasteiger partial charge in [0.15, 0.2) is 13.2 Å². The Labute approximate surface area is 177 Å². The lowest BCUT2D eigenvalue weighted by Gasteiger charge is -2.28. The van der Waals surface area contributed by atoms with Gasteiger partial charge in [0.2, 0.25) is 0 Å². The molecule has 0 N–H and O–H groups in total. The first kappa shape index (κ1) is 28.4. The van der Waals surface area contributed by atoms with Crippen LogP contribution in [0, 0.1) is 0 Å². The van der Waals surface area contributed by atoms with Gasteiger partial charge in [-0.05, 0) is 17.7 Å². The van der Waals surface area contributed by atoms with E-state index in [1.165, 1.54) is 0 Å². The van der Waals surface area contributed by atoms with Crippen LogP contribution in [0.5, 0.6) is 11.5 Å². The average molecular weight is 567 g/mol. The van der Waals surface area contributed by atoms with Gasteiger partial charge in [-0.1, -0.05) is 15.9 Å². The topological polar surface area (TPSA) is 18.5 Å². The van der Waals surface area contributed by atoms with Gasteiger partial charge in [0, 0.05) is 11.4 Å². The molecular weight excluding hydrogens is 558 g/mol. The van der Waals surface area contributed by atoms with E-state index in [9.17, 15) is 61.5 Å². The fraction of sp³-hybridized carbons (Fsp3) is 0.600. The van der Waals surface area contributed by atoms with E-state index < -0.39 is 60.8 Å². The third kappa shape index (κ3) is 5.81. The summed E-state index contributed by atoms with van der Waals surface area (Å²) in [7, 11) is 0. The first-order chi connectivity index (χ1) is 14.1. The van der Waals surface area contributed by atoms with Gasteiger partial charge in [-0.25, -0.2) is 0 Å². The maximum Gasteiger partial charge on any atom is 0.460 e. The van der Waals surface area contributed by atoms with Gasteiger partial charge in [0.1, 0.15) is 11.5 Å². The summed E-state index contributed by atoms with van der Waals surface area (Å²) in [5.74, 6) is -26.5. The number of benzene rings is 1. The summed E-state index contributed by atoms with van der Waals surface area (Å²) in [5, 5.41) is -0.259. The predicted octanol–water partition coefficient (Wildman–Crippen LogP) is 7.00. The van der Waals surface area contributed by atoms with E-state index in [2.05, 4.69) is 25.4 Å². The maximum atomic E-state index is 13.3. The van der Waals surface area contributed by atoms with E-state index >= 15 is 0 Å². The Balaban J connectivity index is 3.07. The average Bonchev–Trinajstić information content (AvgIpc) is 2.62. The Morgan fingerprint density at radius 1 is 0.562 bits per heavy atom. The van der Waals surface area contributed by atoms with Crippen LogP contribution < -0.4 is 9.47 Å². The predicted molar refractivity (Wildman–Crippen MR) is 82.0 cm³/mol. The SMILES string of the molecule is FC(F)(F)C(F)(F)C(F)(F)COc1cc(CBr)cc(OCC(F)(F)C(F)(F)C(F)(F)F)c1. The molecule has 0 saturated heterocycles. The van der Waals surface area contributed by atoms with Crippen molar-refractivity contribution in [3.8, 4) is 11.5 Å². The Kier molecular flexibility index (Phi) is 7.91. The zero-order valence-corrected chi connectivity index (χ0v) is 16.4. The molecule has 0 aliphatic rings. The largest absolute Gasteiger partial charge is 0.487 e. The Morgan fingerprint density at radius 2 is 0.875 bits per heavy atom. The Hall–Kier alpha value is -1.68. The third-order valence-electron chi connectivity index (χ3n) is 3.57. The van der Waals surface area contributed by atoms with Crippen molar-refractivity contribution in [1.82, 2.24) is 0 Å². The molecule has 0 saturated carbocycles. The molecule has 0 bridgehead atoms. The van der Waals surface area contributed by atoms with Crippen molar-refractivity contribution in [2.75, 3.05) is 13.2 Å². The summed E-state index contributed by atoms with van der Waals surface area (Å²) in [4.78, 5) is 0. The highest BCUT2D eigenvalue weighted by molar-refractivity contribution is 9.08. The normalized spacial score (nSPS) is 14.5. The van der Waals surface area contributed by atoms with E-state index in [1.54, 1.807) is 0 Å². The van der Waals surface area contributed by atoms with Gasteiger partial charge >= 0.3 is 36.0 Å². The Bertz CT molecular complexity index is 727. The molecule has 0 aliphatic carbocycles. The molecule has 17 heteroatoms. The fourth-order valence-corrected chi connectivity index (χ4v) is 2.14. The number of alkyl halides is 15. The molecule has 0 aromatic heterocycles. The van der Waals surface area contributed by atoms with Crippen molar-refractivity contribution in [2.45, 2.75) is 41.4 Å². The zero-order chi connectivity index (χ0) is 25.4. The summed E-state index contributed by atoms with van der Waals surface area (Å²) in [6.45, 7) is -5.13. The van der Waals surface area contributed by atoms with Crippen molar-refractivity contribution < 1.29 is 70.9 Å². The number of hydrogen-bond acceptors (Lipinski definition) is 2. The monoisotopic (exact) mass is 566 g/mol. The minimum Gasteiger partial charge on any atom is -0.487 e. The van der Waals surface area contributed by atoms with E-state index in [0.717, 1.165) is 12.1 Å². The minimum atomic E-state index is -6.65. The molecule has 1 aromatic rings. The molecule has 0 amide bonds. The molecule has 0 unspecified atom stereocenters. The summed E-state index contributed by atoms with van der Waals surface area (Å²) in [6, 6.07) is 1.81. The first-order valence-electron chi connectivity index (χ1n) is 7.69. The quantitative estimate of drug-likeness (QED) is 0.237. The van der Waals surface area contributed by atoms with Gasteiger partial charge in [-0.2, -0.15) is 61.5 Å². The van der Waals surface area contributed by atoms with Crippen LogP contribution in [0.15, 0.2) is 18.2 Å².